The second-order valence-corrected chi connectivity index (χ2v) is 48.7. The van der Waals surface area contributed by atoms with Crippen LogP contribution < -0.4 is 33.0 Å². The zero-order valence-electron chi connectivity index (χ0n) is 74.2. The molecule has 8 aromatic rings. The molecule has 3 saturated heterocycles. The molecule has 0 atom stereocenters. The van der Waals surface area contributed by atoms with Crippen LogP contribution in [0.1, 0.15) is 102 Å². The van der Waals surface area contributed by atoms with Gasteiger partial charge in [0.2, 0.25) is 9.05 Å². The first-order chi connectivity index (χ1) is 60.2. The molecule has 5 aromatic heterocycles. The lowest BCUT2D eigenvalue weighted by Gasteiger charge is -2.17. The maximum atomic E-state index is 10.6. The van der Waals surface area contributed by atoms with Crippen LogP contribution in [0.2, 0.25) is 0 Å². The summed E-state index contributed by atoms with van der Waals surface area (Å²) in [6, 6.07) is 47.6. The highest BCUT2D eigenvalue weighted by Crippen LogP contribution is 2.26. The molecule has 3 aromatic carbocycles. The Kier molecular flexibility index (Phi) is 64.6. The molecule has 3 N–H and O–H groups in total. The second kappa shape index (κ2) is 69.6. The smallest absolute Gasteiger partial charge is 0.264 e. The van der Waals surface area contributed by atoms with Gasteiger partial charge in [-0.2, -0.15) is 16.8 Å². The molecule has 8 heterocycles. The highest BCUT2D eigenvalue weighted by molar-refractivity contribution is 8.77. The van der Waals surface area contributed by atoms with E-state index in [4.69, 9.17) is 41.3 Å². The molecular formula is C87H129ClN8O18S13+2. The van der Waals surface area contributed by atoms with Crippen LogP contribution in [0.25, 0.3) is 12.2 Å². The normalized spacial score (nSPS) is 12.9. The van der Waals surface area contributed by atoms with E-state index in [9.17, 15) is 30.0 Å². The van der Waals surface area contributed by atoms with Gasteiger partial charge in [-0.3, -0.25) is 18.1 Å². The first kappa shape index (κ1) is 118. The molecule has 11 rings (SSSR count). The number of aliphatic hydroxyl groups excluding tert-OH is 3. The largest absolute Gasteiger partial charge is 0.748 e. The Morgan fingerprint density at radius 3 is 0.921 bits per heavy atom. The Balaban J connectivity index is 0.000000548. The van der Waals surface area contributed by atoms with Crippen molar-refractivity contribution < 1.29 is 97.9 Å². The number of aryl methyl sites for hydroxylation is 9. The number of aliphatic hydroxyl groups is 3. The molecule has 3 aliphatic heterocycles. The predicted molar refractivity (Wildman–Crippen MR) is 535 cm³/mol. The molecule has 0 radical (unpaired) electrons. The summed E-state index contributed by atoms with van der Waals surface area (Å²) in [5.74, 6) is 7.05. The lowest BCUT2D eigenvalue weighted by Crippen LogP contribution is -2.34. The fourth-order valence-corrected chi connectivity index (χ4v) is 18.8. The number of hydrogen-bond donors (Lipinski definition) is 3. The van der Waals surface area contributed by atoms with Crippen LogP contribution in [-0.4, -0.2) is 227 Å². The number of halogens is 1. The first-order valence-corrected chi connectivity index (χ1v) is 60.8. The van der Waals surface area contributed by atoms with Gasteiger partial charge in [-0.25, -0.2) is 43.5 Å². The summed E-state index contributed by atoms with van der Waals surface area (Å²) in [6.07, 6.45) is 40.4. The SMILES string of the molecule is C(=C\c1cc[n+](CCSSCC[n+]2ccc(CCc3ccc(N4CCCC4)cc3)cc2)cc1)/c1ccc(N2CCCC2)cc1.CC(C)O.CS(=O)(=O)Cl.CS(=O)(=O)OCCSSCCOS(C)(=O)=O.CS(=O)(=O)[O-].CS(=O)(=O)[O-].Cc1cc[n+](CCSSCC[n+]2ccc(C)cc2)cc1.Cc1ccncc1.O=Cc1ccc(N2CCCC2)cc1.OCCSSCCO. The Morgan fingerprint density at radius 2 is 0.646 bits per heavy atom. The number of carbonyl (C=O) groups excluding carboxylic acids is 1. The molecular weight excluding hydrogens is 1900 g/mol. The first-order valence-electron chi connectivity index (χ1n) is 40.9. The average Bonchev–Trinajstić information content (AvgIpc) is 1.85. The maximum absolute atomic E-state index is 10.6. The zero-order valence-corrected chi connectivity index (χ0v) is 85.6. The van der Waals surface area contributed by atoms with Crippen LogP contribution in [0.15, 0.2) is 195 Å². The molecule has 40 heteroatoms. The Morgan fingerprint density at radius 1 is 0.402 bits per heavy atom. The van der Waals surface area contributed by atoms with Crippen molar-refractivity contribution in [3.05, 3.63) is 240 Å². The van der Waals surface area contributed by atoms with Crippen molar-refractivity contribution in [2.24, 2.45) is 0 Å². The number of hydrogen-bond acceptors (Lipinski definition) is 30. The minimum absolute atomic E-state index is 0.115. The van der Waals surface area contributed by atoms with Crippen LogP contribution >= 0.6 is 97.0 Å². The van der Waals surface area contributed by atoms with Crippen molar-refractivity contribution in [1.82, 2.24) is 4.98 Å². The van der Waals surface area contributed by atoms with E-state index in [1.807, 2.05) is 86.5 Å². The van der Waals surface area contributed by atoms with Gasteiger partial charge in [0, 0.05) is 175 Å². The third-order valence-corrected chi connectivity index (χ3v) is 27.2. The number of aldehydes is 1. The van der Waals surface area contributed by atoms with Crippen LogP contribution in [0.5, 0.6) is 0 Å². The van der Waals surface area contributed by atoms with Gasteiger partial charge >= 0.3 is 0 Å². The van der Waals surface area contributed by atoms with Crippen LogP contribution in [0.4, 0.5) is 17.1 Å². The zero-order chi connectivity index (χ0) is 94.2. The summed E-state index contributed by atoms with van der Waals surface area (Å²) in [4.78, 5) is 21.6. The van der Waals surface area contributed by atoms with E-state index in [0.29, 0.717) is 24.0 Å². The standard InChI is InChI=1S/C38H46N4S2.C16H22N2S2.C11H13NO.C6H7N.C6H14O6S4.C4H10O2S2.C3H8O.CH3ClO2S.2CH4O3S/c1-2-22-41(21-1)37-13-9-33(10-14-37)5-7-35-17-25-39(26-18-35)29-31-43-44-32-30-40-27-19-36(20-28-40)8-6-34-11-15-38(16-12-34)42-23-3-4-24-42;1-15-3-7-17(8-4-15)11-13-19-20-14-12-18-9-5-16(2)6-10-18;13-9-10-3-5-11(6-4-10)12-7-1-2-8-12;1-6-2-4-7-5-3-6;1-15(7,8)11-3-5-13-14-6-4-12-16(2,9)10;5-1-3-7-8-4-2-6;1-3(2)4;3*1-5(2,3)4/h5,7,9-20,25-28H,1-4,6,8,21-24,29-32H2;3-10H,11-14H2,1-2H3;3-6,9H,1-2,7-8H2;2-5H,1H3;3-6H2,1-2H3;5-6H,1-4H2;3-4H,1-2H3;1H3;2*1H3,(H,2,3,4)/q2*+2;;;;;;;;/p-2. The number of carbonyl (C=O) groups is 1. The number of nitrogens with zero attached hydrogens (tertiary/aromatic N) is 8. The van der Waals surface area contributed by atoms with Gasteiger partial charge in [-0.15, -0.1) is 0 Å². The fraction of sp³-hybridized carbons (Fsp3) is 0.471. The van der Waals surface area contributed by atoms with Gasteiger partial charge in [0.05, 0.1) is 88.4 Å². The Bertz CT molecular complexity index is 4620. The van der Waals surface area contributed by atoms with Crippen LogP contribution in [0, 0.1) is 20.8 Å². The predicted octanol–water partition coefficient (Wildman–Crippen LogP) is 13.5. The average molecular weight is 2030 g/mol. The number of aromatic nitrogens is 5. The van der Waals surface area contributed by atoms with Crippen molar-refractivity contribution in [3.63, 3.8) is 0 Å². The third-order valence-electron chi connectivity index (χ3n) is 16.6. The highest BCUT2D eigenvalue weighted by atomic mass is 35.7. The van der Waals surface area contributed by atoms with Gasteiger partial charge in [0.25, 0.3) is 20.2 Å². The summed E-state index contributed by atoms with van der Waals surface area (Å²) in [5.41, 5.74) is 14.0. The molecule has 0 unspecified atom stereocenters. The molecule has 0 aliphatic carbocycles. The van der Waals surface area contributed by atoms with Crippen molar-refractivity contribution in [2.75, 3.05) is 158 Å². The Hall–Kier alpha value is -5.22. The summed E-state index contributed by atoms with van der Waals surface area (Å²) >= 11 is 0. The van der Waals surface area contributed by atoms with E-state index in [2.05, 4.69) is 230 Å². The van der Waals surface area contributed by atoms with E-state index in [1.165, 1.54) is 142 Å². The molecule has 0 saturated carbocycles. The monoisotopic (exact) mass is 2020 g/mol. The lowest BCUT2D eigenvalue weighted by atomic mass is 10.0. The van der Waals surface area contributed by atoms with Gasteiger partial charge in [0.15, 0.2) is 75.8 Å². The van der Waals surface area contributed by atoms with Gasteiger partial charge in [0.1, 0.15) is 6.29 Å². The summed E-state index contributed by atoms with van der Waals surface area (Å²) in [6.45, 7) is 21.8. The fourth-order valence-electron chi connectivity index (χ4n) is 10.7. The Labute approximate surface area is 793 Å². The van der Waals surface area contributed by atoms with Crippen molar-refractivity contribution in [3.8, 4) is 0 Å². The molecule has 3 fully saturated rings. The van der Waals surface area contributed by atoms with Crippen molar-refractivity contribution in [2.45, 2.75) is 118 Å². The van der Waals surface area contributed by atoms with Crippen molar-refractivity contribution >= 4 is 182 Å². The van der Waals surface area contributed by atoms with Gasteiger partial charge in [-0.1, -0.05) is 123 Å². The van der Waals surface area contributed by atoms with Crippen LogP contribution in [0.3, 0.4) is 0 Å². The topological polar surface area (TPSA) is 351 Å². The molecule has 3 aliphatic rings. The lowest BCUT2D eigenvalue weighted by molar-refractivity contribution is -0.692. The van der Waals surface area contributed by atoms with E-state index < -0.39 is 49.5 Å². The number of anilines is 3. The van der Waals surface area contributed by atoms with E-state index in [-0.39, 0.29) is 32.5 Å². The quantitative estimate of drug-likeness (QED) is 0.00619. The molecule has 127 heavy (non-hydrogen) atoms. The number of benzene rings is 3. The highest BCUT2D eigenvalue weighted by Gasteiger charge is 2.16. The number of rotatable bonds is 37. The molecule has 26 nitrogen and oxygen atoms in total. The molecule has 0 bridgehead atoms. The van der Waals surface area contributed by atoms with Gasteiger partial charge in [-0.05, 0) is 186 Å². The maximum Gasteiger partial charge on any atom is 0.264 e. The molecule has 708 valence electrons. The van der Waals surface area contributed by atoms with Gasteiger partial charge < -0.3 is 39.1 Å². The van der Waals surface area contributed by atoms with Crippen LogP contribution in [-0.2, 0) is 96.9 Å². The second-order valence-electron chi connectivity index (χ2n) is 28.7. The minimum atomic E-state index is -3.92. The summed E-state index contributed by atoms with van der Waals surface area (Å²) in [7, 11) is 0.558. The number of pyridine rings is 5. The summed E-state index contributed by atoms with van der Waals surface area (Å²) in [5, 5.41) is 24.6. The van der Waals surface area contributed by atoms with E-state index >= 15 is 0 Å². The minimum Gasteiger partial charge on any atom is -0.748 e. The van der Waals surface area contributed by atoms with E-state index in [0.717, 1.165) is 117 Å². The van der Waals surface area contributed by atoms with E-state index in [1.54, 1.807) is 47.8 Å². The third kappa shape index (κ3) is 72.1. The summed E-state index contributed by atoms with van der Waals surface area (Å²) < 4.78 is 134. The molecule has 0 amide bonds. The van der Waals surface area contributed by atoms with Crippen molar-refractivity contribution in [1.29, 1.82) is 0 Å². The molecule has 0 spiro atoms.